The van der Waals surface area contributed by atoms with Crippen LogP contribution in [0.2, 0.25) is 0 Å². The molecule has 25 heavy (non-hydrogen) atoms. The molecule has 7 nitrogen and oxygen atoms in total. The molecule has 4 rings (SSSR count). The molecule has 2 aliphatic heterocycles. The molecule has 3 heterocycles. The Bertz CT molecular complexity index is 763. The van der Waals surface area contributed by atoms with E-state index in [0.29, 0.717) is 19.5 Å². The quantitative estimate of drug-likeness (QED) is 0.820. The number of aromatic nitrogens is 2. The molecule has 0 radical (unpaired) electrons. The van der Waals surface area contributed by atoms with Crippen LogP contribution in [0.3, 0.4) is 0 Å². The van der Waals surface area contributed by atoms with Crippen LogP contribution < -0.4 is 10.2 Å². The number of aromatic amines is 1. The Balaban J connectivity index is 1.34. The Morgan fingerprint density at radius 3 is 2.88 bits per heavy atom. The van der Waals surface area contributed by atoms with Gasteiger partial charge in [-0.1, -0.05) is 18.6 Å². The van der Waals surface area contributed by atoms with Crippen molar-refractivity contribution in [3.05, 3.63) is 24.3 Å². The minimum Gasteiger partial charge on any atom is -0.349 e. The second-order valence-corrected chi connectivity index (χ2v) is 7.00. The van der Waals surface area contributed by atoms with Crippen LogP contribution in [0.1, 0.15) is 19.3 Å². The lowest BCUT2D eigenvalue weighted by Gasteiger charge is -2.39. The van der Waals surface area contributed by atoms with Crippen LogP contribution in [-0.2, 0) is 9.59 Å². The van der Waals surface area contributed by atoms with Gasteiger partial charge in [-0.15, -0.1) is 0 Å². The minimum absolute atomic E-state index is 0.0523. The van der Waals surface area contributed by atoms with E-state index in [1.54, 1.807) is 11.9 Å². The fourth-order valence-electron chi connectivity index (χ4n) is 3.57. The molecular formula is C18H23N5O2. The third-order valence-electron chi connectivity index (χ3n) is 5.13. The van der Waals surface area contributed by atoms with Crippen molar-refractivity contribution in [3.63, 3.8) is 0 Å². The Morgan fingerprint density at radius 1 is 1.28 bits per heavy atom. The molecule has 0 spiro atoms. The van der Waals surface area contributed by atoms with Gasteiger partial charge in [-0.05, 0) is 25.0 Å². The second kappa shape index (κ2) is 6.38. The predicted octanol–water partition coefficient (Wildman–Crippen LogP) is 1.13. The summed E-state index contributed by atoms with van der Waals surface area (Å²) in [5.74, 6) is 0.112. The SMILES string of the molecule is CN1CCCCC(C(=O)NC2CN(c3nc4ccccc4[nH]3)C2)C1=O. The van der Waals surface area contributed by atoms with E-state index in [0.717, 1.165) is 36.4 Å². The van der Waals surface area contributed by atoms with Crippen molar-refractivity contribution in [2.45, 2.75) is 25.3 Å². The van der Waals surface area contributed by atoms with Gasteiger partial charge in [0.15, 0.2) is 0 Å². The number of rotatable bonds is 3. The Morgan fingerprint density at radius 2 is 2.08 bits per heavy atom. The number of benzene rings is 1. The standard InChI is InChI=1S/C18H23N5O2/c1-22-9-5-4-6-13(17(22)25)16(24)19-12-10-23(11-12)18-20-14-7-2-3-8-15(14)21-18/h2-3,7-8,12-13H,4-6,9-11H2,1H3,(H,19,24)(H,20,21). The number of carbonyl (C=O) groups is 2. The maximum atomic E-state index is 12.5. The minimum atomic E-state index is -0.534. The summed E-state index contributed by atoms with van der Waals surface area (Å²) < 4.78 is 0. The average molecular weight is 341 g/mol. The highest BCUT2D eigenvalue weighted by molar-refractivity contribution is 6.00. The number of anilines is 1. The monoisotopic (exact) mass is 341 g/mol. The van der Waals surface area contributed by atoms with E-state index in [4.69, 9.17) is 0 Å². The number of hydrogen-bond acceptors (Lipinski definition) is 4. The molecule has 2 saturated heterocycles. The summed E-state index contributed by atoms with van der Waals surface area (Å²) in [6, 6.07) is 7.99. The molecule has 0 bridgehead atoms. The van der Waals surface area contributed by atoms with Crippen molar-refractivity contribution in [2.75, 3.05) is 31.6 Å². The number of nitrogens with one attached hydrogen (secondary N) is 2. The van der Waals surface area contributed by atoms with Crippen LogP contribution >= 0.6 is 0 Å². The van der Waals surface area contributed by atoms with Crippen LogP contribution in [0.15, 0.2) is 24.3 Å². The van der Waals surface area contributed by atoms with Gasteiger partial charge in [-0.2, -0.15) is 0 Å². The first kappa shape index (κ1) is 15.9. The second-order valence-electron chi connectivity index (χ2n) is 7.00. The summed E-state index contributed by atoms with van der Waals surface area (Å²) in [6.45, 7) is 2.16. The first-order valence-corrected chi connectivity index (χ1v) is 8.87. The van der Waals surface area contributed by atoms with Gasteiger partial charge in [0, 0.05) is 26.7 Å². The molecule has 0 aliphatic carbocycles. The molecule has 2 N–H and O–H groups in total. The summed E-state index contributed by atoms with van der Waals surface area (Å²) in [5, 5.41) is 3.03. The molecule has 2 amide bonds. The summed E-state index contributed by atoms with van der Waals surface area (Å²) in [5.41, 5.74) is 1.95. The highest BCUT2D eigenvalue weighted by Crippen LogP contribution is 2.22. The topological polar surface area (TPSA) is 81.3 Å². The number of hydrogen-bond donors (Lipinski definition) is 2. The van der Waals surface area contributed by atoms with Gasteiger partial charge in [-0.25, -0.2) is 4.98 Å². The van der Waals surface area contributed by atoms with E-state index in [2.05, 4.69) is 20.2 Å². The first-order chi connectivity index (χ1) is 12.1. The van der Waals surface area contributed by atoms with E-state index in [9.17, 15) is 9.59 Å². The lowest BCUT2D eigenvalue weighted by atomic mass is 10.00. The molecule has 0 saturated carbocycles. The van der Waals surface area contributed by atoms with Gasteiger partial charge in [0.1, 0.15) is 5.92 Å². The fraction of sp³-hybridized carbons (Fsp3) is 0.500. The van der Waals surface area contributed by atoms with Crippen molar-refractivity contribution in [2.24, 2.45) is 5.92 Å². The Kier molecular flexibility index (Phi) is 4.07. The van der Waals surface area contributed by atoms with E-state index >= 15 is 0 Å². The smallest absolute Gasteiger partial charge is 0.234 e. The summed E-state index contributed by atoms with van der Waals surface area (Å²) >= 11 is 0. The van der Waals surface area contributed by atoms with Crippen molar-refractivity contribution in [1.29, 1.82) is 0 Å². The third kappa shape index (κ3) is 3.06. The molecule has 132 valence electrons. The van der Waals surface area contributed by atoms with Crippen molar-refractivity contribution in [1.82, 2.24) is 20.2 Å². The number of imidazole rings is 1. The predicted molar refractivity (Wildman–Crippen MR) is 95.2 cm³/mol. The van der Waals surface area contributed by atoms with E-state index < -0.39 is 5.92 Å². The van der Waals surface area contributed by atoms with Crippen LogP contribution in [0, 0.1) is 5.92 Å². The van der Waals surface area contributed by atoms with Gasteiger partial charge in [-0.3, -0.25) is 9.59 Å². The summed E-state index contributed by atoms with van der Waals surface area (Å²) in [7, 11) is 1.78. The van der Waals surface area contributed by atoms with E-state index in [1.807, 2.05) is 24.3 Å². The number of para-hydroxylation sites is 2. The first-order valence-electron chi connectivity index (χ1n) is 8.87. The highest BCUT2D eigenvalue weighted by Gasteiger charge is 2.35. The van der Waals surface area contributed by atoms with Crippen molar-refractivity contribution >= 4 is 28.8 Å². The van der Waals surface area contributed by atoms with E-state index in [1.165, 1.54) is 0 Å². The molecule has 7 heteroatoms. The zero-order chi connectivity index (χ0) is 17.4. The van der Waals surface area contributed by atoms with Crippen molar-refractivity contribution < 1.29 is 9.59 Å². The van der Waals surface area contributed by atoms with Gasteiger partial charge >= 0.3 is 0 Å². The number of amides is 2. The number of fused-ring (bicyclic) bond motifs is 1. The lowest BCUT2D eigenvalue weighted by molar-refractivity contribution is -0.141. The molecule has 1 atom stereocenters. The number of likely N-dealkylation sites (tertiary alicyclic amines) is 1. The maximum Gasteiger partial charge on any atom is 0.234 e. The average Bonchev–Trinajstić information content (AvgIpc) is 2.92. The highest BCUT2D eigenvalue weighted by atomic mass is 16.2. The summed E-state index contributed by atoms with van der Waals surface area (Å²) in [4.78, 5) is 36.4. The number of H-pyrrole nitrogens is 1. The van der Waals surface area contributed by atoms with E-state index in [-0.39, 0.29) is 17.9 Å². The lowest BCUT2D eigenvalue weighted by Crippen LogP contribution is -2.61. The molecule has 2 aromatic rings. The third-order valence-corrected chi connectivity index (χ3v) is 5.13. The largest absolute Gasteiger partial charge is 0.349 e. The van der Waals surface area contributed by atoms with Gasteiger partial charge in [0.25, 0.3) is 0 Å². The number of carbonyl (C=O) groups excluding carboxylic acids is 2. The molecule has 1 aromatic heterocycles. The normalized spacial score (nSPS) is 22.0. The molecule has 2 aliphatic rings. The molecular weight excluding hydrogens is 318 g/mol. The van der Waals surface area contributed by atoms with Crippen LogP contribution in [0.5, 0.6) is 0 Å². The van der Waals surface area contributed by atoms with Gasteiger partial charge in [0.05, 0.1) is 17.1 Å². The van der Waals surface area contributed by atoms with Crippen LogP contribution in [-0.4, -0.2) is 59.4 Å². The molecule has 1 aromatic carbocycles. The van der Waals surface area contributed by atoms with Gasteiger partial charge < -0.3 is 20.1 Å². The fourth-order valence-corrected chi connectivity index (χ4v) is 3.57. The summed E-state index contributed by atoms with van der Waals surface area (Å²) in [6.07, 6.45) is 2.54. The van der Waals surface area contributed by atoms with Crippen LogP contribution in [0.25, 0.3) is 11.0 Å². The molecule has 1 unspecified atom stereocenters. The molecule has 2 fully saturated rings. The van der Waals surface area contributed by atoms with Gasteiger partial charge in [0.2, 0.25) is 17.8 Å². The zero-order valence-corrected chi connectivity index (χ0v) is 14.4. The Hall–Kier alpha value is -2.57. The van der Waals surface area contributed by atoms with Crippen molar-refractivity contribution in [3.8, 4) is 0 Å². The van der Waals surface area contributed by atoms with Crippen LogP contribution in [0.4, 0.5) is 5.95 Å². The zero-order valence-electron chi connectivity index (χ0n) is 14.4. The maximum absolute atomic E-state index is 12.5. The number of nitrogens with zero attached hydrogens (tertiary/aromatic N) is 3. The Labute approximate surface area is 146 Å².